The quantitative estimate of drug-likeness (QED) is 0.853. The van der Waals surface area contributed by atoms with Gasteiger partial charge >= 0.3 is 0 Å². The maximum atomic E-state index is 9.22. The van der Waals surface area contributed by atoms with E-state index in [0.717, 1.165) is 19.5 Å². The number of rotatable bonds is 5. The minimum Gasteiger partial charge on any atom is -0.393 e. The molecule has 1 aliphatic carbocycles. The van der Waals surface area contributed by atoms with E-state index in [9.17, 15) is 5.11 Å². The van der Waals surface area contributed by atoms with Crippen LogP contribution >= 0.6 is 11.3 Å². The van der Waals surface area contributed by atoms with E-state index >= 15 is 0 Å². The number of aryl methyl sites for hydroxylation is 2. The third-order valence-electron chi connectivity index (χ3n) is 2.97. The van der Waals surface area contributed by atoms with Gasteiger partial charge in [-0.15, -0.1) is 11.3 Å². The average molecular weight is 240 g/mol. The lowest BCUT2D eigenvalue weighted by molar-refractivity contribution is 0.163. The van der Waals surface area contributed by atoms with Crippen LogP contribution in [-0.4, -0.2) is 34.7 Å². The Kier molecular flexibility index (Phi) is 3.95. The van der Waals surface area contributed by atoms with Gasteiger partial charge in [-0.05, 0) is 39.7 Å². The Hall–Kier alpha value is -0.450. The van der Waals surface area contributed by atoms with Crippen LogP contribution in [0.5, 0.6) is 0 Å². The van der Waals surface area contributed by atoms with Crippen molar-refractivity contribution < 1.29 is 5.11 Å². The lowest BCUT2D eigenvalue weighted by Gasteiger charge is -2.15. The van der Waals surface area contributed by atoms with Gasteiger partial charge < -0.3 is 5.11 Å². The van der Waals surface area contributed by atoms with Gasteiger partial charge in [-0.2, -0.15) is 0 Å². The van der Waals surface area contributed by atoms with Gasteiger partial charge in [0, 0.05) is 11.4 Å². The topological polar surface area (TPSA) is 36.4 Å². The molecular formula is C12H20N2OS. The molecule has 0 radical (unpaired) electrons. The Bertz CT molecular complexity index is 327. The second-order valence-electron chi connectivity index (χ2n) is 4.71. The number of aromatic nitrogens is 1. The molecule has 0 spiro atoms. The average Bonchev–Trinajstić information content (AvgIpc) is 2.74. The van der Waals surface area contributed by atoms with Crippen molar-refractivity contribution in [1.29, 1.82) is 0 Å². The van der Waals surface area contributed by atoms with Crippen LogP contribution in [0.4, 0.5) is 0 Å². The Morgan fingerprint density at radius 3 is 3.00 bits per heavy atom. The van der Waals surface area contributed by atoms with Gasteiger partial charge in [0.15, 0.2) is 0 Å². The molecule has 0 saturated heterocycles. The van der Waals surface area contributed by atoms with Crippen molar-refractivity contribution in [2.75, 3.05) is 13.6 Å². The third-order valence-corrected chi connectivity index (χ3v) is 4.12. The number of hydrogen-bond acceptors (Lipinski definition) is 4. The molecule has 4 heteroatoms. The molecule has 0 saturated carbocycles. The maximum Gasteiger partial charge on any atom is 0.107 e. The summed E-state index contributed by atoms with van der Waals surface area (Å²) in [7, 11) is 2.09. The Morgan fingerprint density at radius 1 is 1.50 bits per heavy atom. The second-order valence-corrected chi connectivity index (χ2v) is 5.87. The molecule has 0 bridgehead atoms. The van der Waals surface area contributed by atoms with Crippen molar-refractivity contribution >= 4 is 11.3 Å². The largest absolute Gasteiger partial charge is 0.393 e. The van der Waals surface area contributed by atoms with E-state index in [-0.39, 0.29) is 6.10 Å². The van der Waals surface area contributed by atoms with E-state index in [0.29, 0.717) is 0 Å². The van der Waals surface area contributed by atoms with Crippen molar-refractivity contribution in [2.24, 2.45) is 0 Å². The molecular weight excluding hydrogens is 220 g/mol. The lowest BCUT2D eigenvalue weighted by atomic mass is 10.3. The van der Waals surface area contributed by atoms with Gasteiger partial charge in [0.1, 0.15) is 5.01 Å². The smallest absolute Gasteiger partial charge is 0.107 e. The van der Waals surface area contributed by atoms with Crippen molar-refractivity contribution in [1.82, 2.24) is 9.88 Å². The summed E-state index contributed by atoms with van der Waals surface area (Å²) in [5.41, 5.74) is 1.34. The lowest BCUT2D eigenvalue weighted by Crippen LogP contribution is -2.22. The number of aliphatic hydroxyl groups excluding tert-OH is 1. The summed E-state index contributed by atoms with van der Waals surface area (Å²) in [6.07, 6.45) is 4.31. The van der Waals surface area contributed by atoms with Gasteiger partial charge in [-0.25, -0.2) is 4.98 Å². The molecule has 1 N–H and O–H groups in total. The van der Waals surface area contributed by atoms with Crippen molar-refractivity contribution in [3.8, 4) is 0 Å². The number of fused-ring (bicyclic) bond motifs is 1. The Labute approximate surface area is 101 Å². The monoisotopic (exact) mass is 240 g/mol. The molecule has 90 valence electrons. The van der Waals surface area contributed by atoms with Crippen LogP contribution in [0, 0.1) is 0 Å². The highest BCUT2D eigenvalue weighted by molar-refractivity contribution is 7.11. The number of aliphatic hydroxyl groups is 1. The molecule has 1 atom stereocenters. The van der Waals surface area contributed by atoms with Crippen LogP contribution in [-0.2, 0) is 19.4 Å². The SMILES string of the molecule is CC(O)CCN(C)Cc1nc2c(s1)CCC2. The first-order chi connectivity index (χ1) is 7.65. The molecule has 0 fully saturated rings. The highest BCUT2D eigenvalue weighted by Gasteiger charge is 2.17. The first kappa shape index (κ1) is 12.0. The Morgan fingerprint density at radius 2 is 2.31 bits per heavy atom. The second kappa shape index (κ2) is 5.25. The van der Waals surface area contributed by atoms with E-state index in [1.165, 1.54) is 34.8 Å². The molecule has 1 aliphatic rings. The number of nitrogens with zero attached hydrogens (tertiary/aromatic N) is 2. The predicted octanol–water partition coefficient (Wildman–Crippen LogP) is 1.83. The van der Waals surface area contributed by atoms with Crippen LogP contribution < -0.4 is 0 Å². The van der Waals surface area contributed by atoms with Crippen LogP contribution in [0.2, 0.25) is 0 Å². The predicted molar refractivity (Wildman–Crippen MR) is 66.8 cm³/mol. The first-order valence-electron chi connectivity index (χ1n) is 5.99. The molecule has 1 aromatic rings. The fourth-order valence-corrected chi connectivity index (χ4v) is 3.27. The summed E-state index contributed by atoms with van der Waals surface area (Å²) in [4.78, 5) is 8.41. The van der Waals surface area contributed by atoms with E-state index in [1.807, 2.05) is 18.3 Å². The molecule has 3 nitrogen and oxygen atoms in total. The number of hydrogen-bond donors (Lipinski definition) is 1. The van der Waals surface area contributed by atoms with Gasteiger partial charge in [0.25, 0.3) is 0 Å². The zero-order chi connectivity index (χ0) is 11.5. The van der Waals surface area contributed by atoms with Gasteiger partial charge in [-0.3, -0.25) is 4.90 Å². The minimum absolute atomic E-state index is 0.205. The molecule has 1 heterocycles. The van der Waals surface area contributed by atoms with Crippen molar-refractivity contribution in [3.05, 3.63) is 15.6 Å². The van der Waals surface area contributed by atoms with E-state index < -0.39 is 0 Å². The molecule has 0 aromatic carbocycles. The van der Waals surface area contributed by atoms with E-state index in [2.05, 4.69) is 16.9 Å². The zero-order valence-electron chi connectivity index (χ0n) is 10.1. The third kappa shape index (κ3) is 3.03. The molecule has 16 heavy (non-hydrogen) atoms. The zero-order valence-corrected chi connectivity index (χ0v) is 10.9. The first-order valence-corrected chi connectivity index (χ1v) is 6.81. The molecule has 1 unspecified atom stereocenters. The summed E-state index contributed by atoms with van der Waals surface area (Å²) in [6.45, 7) is 3.69. The molecule has 0 aliphatic heterocycles. The number of thiazole rings is 1. The summed E-state index contributed by atoms with van der Waals surface area (Å²) in [6, 6.07) is 0. The fraction of sp³-hybridized carbons (Fsp3) is 0.750. The Balaban J connectivity index is 1.84. The van der Waals surface area contributed by atoms with Crippen LogP contribution in [0.1, 0.15) is 35.3 Å². The van der Waals surface area contributed by atoms with Crippen LogP contribution in [0.15, 0.2) is 0 Å². The minimum atomic E-state index is -0.205. The standard InChI is InChI=1S/C12H20N2OS/c1-9(15)6-7-14(2)8-12-13-10-4-3-5-11(10)16-12/h9,15H,3-8H2,1-2H3. The van der Waals surface area contributed by atoms with E-state index in [4.69, 9.17) is 0 Å². The normalized spacial score (nSPS) is 16.8. The maximum absolute atomic E-state index is 9.22. The summed E-state index contributed by atoms with van der Waals surface area (Å²) in [5, 5.41) is 10.5. The highest BCUT2D eigenvalue weighted by atomic mass is 32.1. The van der Waals surface area contributed by atoms with Crippen LogP contribution in [0.3, 0.4) is 0 Å². The molecule has 2 rings (SSSR count). The van der Waals surface area contributed by atoms with Crippen LogP contribution in [0.25, 0.3) is 0 Å². The summed E-state index contributed by atoms with van der Waals surface area (Å²) >= 11 is 1.87. The molecule has 1 aromatic heterocycles. The summed E-state index contributed by atoms with van der Waals surface area (Å²) in [5.74, 6) is 0. The van der Waals surface area contributed by atoms with Gasteiger partial charge in [0.05, 0.1) is 18.3 Å². The fourth-order valence-electron chi connectivity index (χ4n) is 2.03. The summed E-state index contributed by atoms with van der Waals surface area (Å²) < 4.78 is 0. The van der Waals surface area contributed by atoms with Gasteiger partial charge in [-0.1, -0.05) is 0 Å². The van der Waals surface area contributed by atoms with E-state index in [1.54, 1.807) is 0 Å². The van der Waals surface area contributed by atoms with Gasteiger partial charge in [0.2, 0.25) is 0 Å². The van der Waals surface area contributed by atoms with Crippen molar-refractivity contribution in [2.45, 2.75) is 45.3 Å². The highest BCUT2D eigenvalue weighted by Crippen LogP contribution is 2.27. The van der Waals surface area contributed by atoms with Crippen molar-refractivity contribution in [3.63, 3.8) is 0 Å². The molecule has 0 amide bonds.